The first-order valence-corrected chi connectivity index (χ1v) is 10.5. The summed E-state index contributed by atoms with van der Waals surface area (Å²) in [5, 5.41) is 7.04. The summed E-state index contributed by atoms with van der Waals surface area (Å²) in [7, 11) is 0. The molecule has 1 aromatic carbocycles. The van der Waals surface area contributed by atoms with Gasteiger partial charge in [-0.1, -0.05) is 22.8 Å². The Kier molecular flexibility index (Phi) is 5.01. The maximum atomic E-state index is 12.9. The molecule has 0 amide bonds. The molecule has 0 N–H and O–H groups in total. The molecule has 9 heteroatoms. The minimum Gasteiger partial charge on any atom is -0.452 e. The van der Waals surface area contributed by atoms with Crippen molar-refractivity contribution in [3.05, 3.63) is 76.2 Å². The number of pyridine rings is 1. The minimum absolute atomic E-state index is 0.116. The molecule has 0 radical (unpaired) electrons. The maximum Gasteiger partial charge on any atom is 0.339 e. The number of oxazole rings is 1. The monoisotopic (exact) mass is 451 g/mol. The van der Waals surface area contributed by atoms with E-state index in [1.165, 1.54) is 11.3 Å². The van der Waals surface area contributed by atoms with Crippen LogP contribution in [0.5, 0.6) is 0 Å². The van der Waals surface area contributed by atoms with E-state index in [1.54, 1.807) is 31.3 Å². The van der Waals surface area contributed by atoms with Gasteiger partial charge < -0.3 is 13.7 Å². The van der Waals surface area contributed by atoms with Crippen LogP contribution in [0.1, 0.15) is 21.9 Å². The highest BCUT2D eigenvalue weighted by atomic mass is 35.5. The number of aromatic nitrogens is 3. The van der Waals surface area contributed by atoms with Crippen LogP contribution >= 0.6 is 22.9 Å². The number of esters is 1. The van der Waals surface area contributed by atoms with Crippen molar-refractivity contribution in [2.75, 3.05) is 0 Å². The highest BCUT2D eigenvalue weighted by Gasteiger charge is 2.21. The molecule has 0 aliphatic rings. The van der Waals surface area contributed by atoms with Crippen molar-refractivity contribution in [2.24, 2.45) is 0 Å². The number of fused-ring (bicyclic) bond motifs is 1. The highest BCUT2D eigenvalue weighted by molar-refractivity contribution is 7.13. The number of benzene rings is 1. The number of rotatable bonds is 5. The van der Waals surface area contributed by atoms with E-state index in [0.717, 1.165) is 10.4 Å². The molecular formula is C22H14ClN3O4S. The Morgan fingerprint density at radius 2 is 2.06 bits per heavy atom. The van der Waals surface area contributed by atoms with E-state index in [2.05, 4.69) is 15.1 Å². The largest absolute Gasteiger partial charge is 0.452 e. The average Bonchev–Trinajstić information content (AvgIpc) is 3.54. The molecule has 31 heavy (non-hydrogen) atoms. The summed E-state index contributed by atoms with van der Waals surface area (Å²) >= 11 is 7.43. The predicted octanol–water partition coefficient (Wildman–Crippen LogP) is 5.93. The van der Waals surface area contributed by atoms with Gasteiger partial charge in [-0.05, 0) is 48.7 Å². The Labute approximate surface area is 185 Å². The first kappa shape index (κ1) is 19.5. The van der Waals surface area contributed by atoms with Crippen LogP contribution in [0.4, 0.5) is 0 Å². The van der Waals surface area contributed by atoms with Crippen LogP contribution in [0.2, 0.25) is 5.02 Å². The topological polar surface area (TPSA) is 91.2 Å². The Morgan fingerprint density at radius 3 is 2.84 bits per heavy atom. The Balaban J connectivity index is 1.39. The molecule has 0 atom stereocenters. The third kappa shape index (κ3) is 3.83. The predicted molar refractivity (Wildman–Crippen MR) is 116 cm³/mol. The Hall–Kier alpha value is -3.49. The minimum atomic E-state index is -0.539. The molecule has 5 rings (SSSR count). The molecule has 0 unspecified atom stereocenters. The van der Waals surface area contributed by atoms with Gasteiger partial charge >= 0.3 is 5.97 Å². The fourth-order valence-corrected chi connectivity index (χ4v) is 3.95. The van der Waals surface area contributed by atoms with Crippen molar-refractivity contribution >= 4 is 40.0 Å². The van der Waals surface area contributed by atoms with Crippen LogP contribution in [0, 0.1) is 6.92 Å². The maximum absolute atomic E-state index is 12.9. The van der Waals surface area contributed by atoms with E-state index >= 15 is 0 Å². The summed E-state index contributed by atoms with van der Waals surface area (Å²) in [5.41, 5.74) is 2.62. The smallest absolute Gasteiger partial charge is 0.339 e. The standard InChI is InChI=1S/C22H14ClN3O4S/c1-12-20-15(9-16(18-3-2-8-31-18)25-21(20)30-26-12)22(27)28-11-19-24-10-17(29-19)13-4-6-14(23)7-5-13/h2-10H,11H2,1H3. The van der Waals surface area contributed by atoms with Crippen molar-refractivity contribution in [3.63, 3.8) is 0 Å². The van der Waals surface area contributed by atoms with Gasteiger partial charge in [-0.25, -0.2) is 14.8 Å². The molecule has 0 aliphatic carbocycles. The van der Waals surface area contributed by atoms with Gasteiger partial charge in [0.15, 0.2) is 12.4 Å². The van der Waals surface area contributed by atoms with Crippen LogP contribution in [0.25, 0.3) is 33.0 Å². The molecule has 0 fully saturated rings. The second-order valence-electron chi connectivity index (χ2n) is 6.68. The molecule has 154 valence electrons. The van der Waals surface area contributed by atoms with E-state index < -0.39 is 5.97 Å². The molecule has 0 aliphatic heterocycles. The van der Waals surface area contributed by atoms with Gasteiger partial charge in [-0.2, -0.15) is 0 Å². The van der Waals surface area contributed by atoms with Crippen LogP contribution < -0.4 is 0 Å². The summed E-state index contributed by atoms with van der Waals surface area (Å²) in [4.78, 5) is 22.5. The van der Waals surface area contributed by atoms with Gasteiger partial charge in [-0.15, -0.1) is 11.3 Å². The summed E-state index contributed by atoms with van der Waals surface area (Å²) in [6.45, 7) is 1.64. The normalized spacial score (nSPS) is 11.2. The fraction of sp³-hybridized carbons (Fsp3) is 0.0909. The quantitative estimate of drug-likeness (QED) is 0.306. The van der Waals surface area contributed by atoms with Crippen molar-refractivity contribution in [3.8, 4) is 21.9 Å². The summed E-state index contributed by atoms with van der Waals surface area (Å²) in [6.07, 6.45) is 1.58. The summed E-state index contributed by atoms with van der Waals surface area (Å²) < 4.78 is 16.5. The van der Waals surface area contributed by atoms with Crippen LogP contribution in [-0.4, -0.2) is 21.1 Å². The first-order valence-electron chi connectivity index (χ1n) is 9.27. The Bertz CT molecular complexity index is 1370. The van der Waals surface area contributed by atoms with Gasteiger partial charge in [-0.3, -0.25) is 0 Å². The third-order valence-corrected chi connectivity index (χ3v) is 5.76. The molecule has 0 spiro atoms. The zero-order valence-corrected chi connectivity index (χ0v) is 17.7. The van der Waals surface area contributed by atoms with E-state index in [-0.39, 0.29) is 18.2 Å². The van der Waals surface area contributed by atoms with Crippen LogP contribution in [0.3, 0.4) is 0 Å². The number of hydrogen-bond donors (Lipinski definition) is 0. The molecular weight excluding hydrogens is 438 g/mol. The lowest BCUT2D eigenvalue weighted by atomic mass is 10.1. The number of nitrogens with zero attached hydrogens (tertiary/aromatic N) is 3. The molecule has 7 nitrogen and oxygen atoms in total. The van der Waals surface area contributed by atoms with Crippen LogP contribution in [-0.2, 0) is 11.3 Å². The van der Waals surface area contributed by atoms with Crippen LogP contribution in [0.15, 0.2) is 63.0 Å². The van der Waals surface area contributed by atoms with Gasteiger partial charge in [0.25, 0.3) is 5.71 Å². The van der Waals surface area contributed by atoms with Gasteiger partial charge in [0, 0.05) is 10.6 Å². The number of aryl methyl sites for hydroxylation is 1. The zero-order chi connectivity index (χ0) is 21.4. The van der Waals surface area contributed by atoms with E-state index in [4.69, 9.17) is 25.3 Å². The van der Waals surface area contributed by atoms with Crippen molar-refractivity contribution < 1.29 is 18.5 Å². The lowest BCUT2D eigenvalue weighted by molar-refractivity contribution is 0.0441. The molecule has 5 aromatic rings. The first-order chi connectivity index (χ1) is 15.1. The highest BCUT2D eigenvalue weighted by Crippen LogP contribution is 2.30. The van der Waals surface area contributed by atoms with E-state index in [1.807, 2.05) is 29.6 Å². The molecule has 0 saturated carbocycles. The second kappa shape index (κ2) is 7.98. The zero-order valence-electron chi connectivity index (χ0n) is 16.2. The molecule has 0 bridgehead atoms. The van der Waals surface area contributed by atoms with Gasteiger partial charge in [0.05, 0.1) is 33.4 Å². The SMILES string of the molecule is Cc1noc2nc(-c3cccs3)cc(C(=O)OCc3ncc(-c4ccc(Cl)cc4)o3)c12. The van der Waals surface area contributed by atoms with E-state index in [9.17, 15) is 4.79 Å². The number of thiophene rings is 1. The second-order valence-corrected chi connectivity index (χ2v) is 8.07. The van der Waals surface area contributed by atoms with Crippen molar-refractivity contribution in [2.45, 2.75) is 13.5 Å². The van der Waals surface area contributed by atoms with Crippen molar-refractivity contribution in [1.29, 1.82) is 0 Å². The summed E-state index contributed by atoms with van der Waals surface area (Å²) in [5.74, 6) is 0.302. The number of hydrogen-bond acceptors (Lipinski definition) is 8. The molecule has 0 saturated heterocycles. The number of ether oxygens (including phenoxy) is 1. The summed E-state index contributed by atoms with van der Waals surface area (Å²) in [6, 6.07) is 12.7. The fourth-order valence-electron chi connectivity index (χ4n) is 3.14. The number of halogens is 1. The molecule has 4 heterocycles. The lowest BCUT2D eigenvalue weighted by Crippen LogP contribution is -2.07. The number of carbonyl (C=O) groups is 1. The lowest BCUT2D eigenvalue weighted by Gasteiger charge is -2.06. The third-order valence-electron chi connectivity index (χ3n) is 4.62. The van der Waals surface area contributed by atoms with Crippen molar-refractivity contribution in [1.82, 2.24) is 15.1 Å². The molecule has 4 aromatic heterocycles. The Morgan fingerprint density at radius 1 is 1.23 bits per heavy atom. The van der Waals surface area contributed by atoms with E-state index in [0.29, 0.717) is 33.1 Å². The average molecular weight is 452 g/mol. The van der Waals surface area contributed by atoms with Gasteiger partial charge in [0.1, 0.15) is 0 Å². The number of carbonyl (C=O) groups excluding carboxylic acids is 1. The van der Waals surface area contributed by atoms with Gasteiger partial charge in [0.2, 0.25) is 5.89 Å².